The molecule has 1 aromatic heterocycles. The summed E-state index contributed by atoms with van der Waals surface area (Å²) in [5, 5.41) is 10.6. The number of aromatic nitrogens is 3. The predicted octanol–water partition coefficient (Wildman–Crippen LogP) is 1.63. The van der Waals surface area contributed by atoms with Crippen molar-refractivity contribution in [2.45, 2.75) is 26.6 Å². The Balaban J connectivity index is 1.75. The summed E-state index contributed by atoms with van der Waals surface area (Å²) in [6, 6.07) is 6.68. The van der Waals surface area contributed by atoms with E-state index in [0.717, 1.165) is 25.3 Å². The van der Waals surface area contributed by atoms with Crippen LogP contribution < -0.4 is 0 Å². The van der Waals surface area contributed by atoms with Crippen molar-refractivity contribution in [2.24, 2.45) is 0 Å². The third-order valence-electron chi connectivity index (χ3n) is 3.00. The molecule has 0 saturated carbocycles. The number of nitrogens with zero attached hydrogens (tertiary/aromatic N) is 3. The normalized spacial score (nSPS) is 15.3. The van der Waals surface area contributed by atoms with Crippen molar-refractivity contribution in [1.82, 2.24) is 20.3 Å². The summed E-state index contributed by atoms with van der Waals surface area (Å²) >= 11 is 0. The summed E-state index contributed by atoms with van der Waals surface area (Å²) < 4.78 is 0. The number of benzene rings is 1. The highest BCUT2D eigenvalue weighted by atomic mass is 15.3. The van der Waals surface area contributed by atoms with Crippen molar-refractivity contribution in [2.75, 3.05) is 0 Å². The van der Waals surface area contributed by atoms with Crippen LogP contribution in [0.1, 0.15) is 22.4 Å². The van der Waals surface area contributed by atoms with Crippen molar-refractivity contribution in [3.05, 3.63) is 46.8 Å². The van der Waals surface area contributed by atoms with Crippen LogP contribution in [0.4, 0.5) is 0 Å². The fourth-order valence-corrected chi connectivity index (χ4v) is 2.24. The fourth-order valence-electron chi connectivity index (χ4n) is 2.24. The first-order valence-electron chi connectivity index (χ1n) is 5.47. The first-order chi connectivity index (χ1) is 7.81. The second-order valence-corrected chi connectivity index (χ2v) is 4.38. The first-order valence-corrected chi connectivity index (χ1v) is 5.47. The summed E-state index contributed by atoms with van der Waals surface area (Å²) in [5.74, 6) is 0. The molecule has 82 valence electrons. The molecule has 2 aromatic rings. The maximum atomic E-state index is 4.08. The monoisotopic (exact) mass is 214 g/mol. The van der Waals surface area contributed by atoms with Gasteiger partial charge in [0.05, 0.1) is 11.9 Å². The molecule has 0 unspecified atom stereocenters. The van der Waals surface area contributed by atoms with E-state index >= 15 is 0 Å². The molecule has 0 aliphatic carbocycles. The van der Waals surface area contributed by atoms with Gasteiger partial charge in [0.15, 0.2) is 0 Å². The molecular weight excluding hydrogens is 200 g/mol. The Labute approximate surface area is 94.3 Å². The van der Waals surface area contributed by atoms with Gasteiger partial charge in [-0.3, -0.25) is 4.90 Å². The van der Waals surface area contributed by atoms with Gasteiger partial charge >= 0.3 is 0 Å². The minimum absolute atomic E-state index is 0.865. The molecule has 4 heteroatoms. The van der Waals surface area contributed by atoms with Crippen molar-refractivity contribution in [3.63, 3.8) is 0 Å². The van der Waals surface area contributed by atoms with Gasteiger partial charge in [-0.15, -0.1) is 0 Å². The van der Waals surface area contributed by atoms with E-state index in [0.29, 0.717) is 0 Å². The van der Waals surface area contributed by atoms with Gasteiger partial charge in [-0.1, -0.05) is 23.8 Å². The zero-order valence-electron chi connectivity index (χ0n) is 9.27. The molecule has 0 spiro atoms. The molecular formula is C12H14N4. The molecule has 2 heterocycles. The predicted molar refractivity (Wildman–Crippen MR) is 60.5 cm³/mol. The Bertz CT molecular complexity index is 490. The summed E-state index contributed by atoms with van der Waals surface area (Å²) in [6.45, 7) is 5.04. The van der Waals surface area contributed by atoms with Gasteiger partial charge < -0.3 is 0 Å². The van der Waals surface area contributed by atoms with E-state index in [1.54, 1.807) is 6.20 Å². The number of nitrogens with one attached hydrogen (secondary N) is 1. The number of aromatic amines is 1. The van der Waals surface area contributed by atoms with Gasteiger partial charge in [-0.25, -0.2) is 0 Å². The molecule has 3 rings (SSSR count). The largest absolute Gasteiger partial charge is 0.289 e. The molecule has 16 heavy (non-hydrogen) atoms. The van der Waals surface area contributed by atoms with E-state index in [2.05, 4.69) is 45.4 Å². The smallest absolute Gasteiger partial charge is 0.0964 e. The van der Waals surface area contributed by atoms with Crippen LogP contribution in [0.5, 0.6) is 0 Å². The highest BCUT2D eigenvalue weighted by Gasteiger charge is 2.19. The highest BCUT2D eigenvalue weighted by Crippen LogP contribution is 2.24. The van der Waals surface area contributed by atoms with E-state index in [9.17, 15) is 0 Å². The van der Waals surface area contributed by atoms with Gasteiger partial charge in [0.2, 0.25) is 0 Å². The fraction of sp³-hybridized carbons (Fsp3) is 0.333. The van der Waals surface area contributed by atoms with Crippen LogP contribution in [0.2, 0.25) is 0 Å². The van der Waals surface area contributed by atoms with Crippen LogP contribution in [-0.2, 0) is 19.6 Å². The molecule has 0 bridgehead atoms. The summed E-state index contributed by atoms with van der Waals surface area (Å²) in [6.07, 6.45) is 1.79. The van der Waals surface area contributed by atoms with Gasteiger partial charge in [-0.2, -0.15) is 15.4 Å². The Kier molecular flexibility index (Phi) is 2.22. The van der Waals surface area contributed by atoms with Gasteiger partial charge in [0.25, 0.3) is 0 Å². The molecule has 1 N–H and O–H groups in total. The third kappa shape index (κ3) is 1.72. The van der Waals surface area contributed by atoms with E-state index < -0.39 is 0 Å². The van der Waals surface area contributed by atoms with Crippen LogP contribution in [0.25, 0.3) is 0 Å². The SMILES string of the molecule is Cc1ccc2c(c1)CN(Cc1cn[nH]n1)C2. The molecule has 1 aliphatic rings. The van der Waals surface area contributed by atoms with Gasteiger partial charge in [-0.05, 0) is 18.1 Å². The van der Waals surface area contributed by atoms with Crippen molar-refractivity contribution in [3.8, 4) is 0 Å². The minimum Gasteiger partial charge on any atom is -0.289 e. The molecule has 0 amide bonds. The second-order valence-electron chi connectivity index (χ2n) is 4.38. The third-order valence-corrected chi connectivity index (χ3v) is 3.00. The average Bonchev–Trinajstić information content (AvgIpc) is 2.86. The van der Waals surface area contributed by atoms with Crippen LogP contribution >= 0.6 is 0 Å². The number of rotatable bonds is 2. The van der Waals surface area contributed by atoms with Crippen molar-refractivity contribution >= 4 is 0 Å². The molecule has 0 fully saturated rings. The van der Waals surface area contributed by atoms with Crippen LogP contribution in [0.15, 0.2) is 24.4 Å². The van der Waals surface area contributed by atoms with E-state index in [4.69, 9.17) is 0 Å². The molecule has 0 atom stereocenters. The average molecular weight is 214 g/mol. The summed E-state index contributed by atoms with van der Waals surface area (Å²) in [4.78, 5) is 2.38. The number of aryl methyl sites for hydroxylation is 1. The Hall–Kier alpha value is -1.68. The maximum Gasteiger partial charge on any atom is 0.0964 e. The minimum atomic E-state index is 0.865. The van der Waals surface area contributed by atoms with Crippen LogP contribution in [0.3, 0.4) is 0 Å². The molecule has 1 aliphatic heterocycles. The lowest BCUT2D eigenvalue weighted by atomic mass is 10.1. The molecule has 0 radical (unpaired) electrons. The van der Waals surface area contributed by atoms with Crippen molar-refractivity contribution < 1.29 is 0 Å². The summed E-state index contributed by atoms with van der Waals surface area (Å²) in [5.41, 5.74) is 5.23. The topological polar surface area (TPSA) is 44.8 Å². The lowest BCUT2D eigenvalue weighted by Crippen LogP contribution is -2.15. The Morgan fingerprint density at radius 1 is 1.31 bits per heavy atom. The zero-order valence-corrected chi connectivity index (χ0v) is 9.27. The lowest BCUT2D eigenvalue weighted by Gasteiger charge is -2.11. The quantitative estimate of drug-likeness (QED) is 0.826. The van der Waals surface area contributed by atoms with Crippen molar-refractivity contribution in [1.29, 1.82) is 0 Å². The first kappa shape index (κ1) is 9.54. The Morgan fingerprint density at radius 2 is 2.19 bits per heavy atom. The number of H-pyrrole nitrogens is 1. The van der Waals surface area contributed by atoms with E-state index in [1.165, 1.54) is 16.7 Å². The Morgan fingerprint density at radius 3 is 3.00 bits per heavy atom. The summed E-state index contributed by atoms with van der Waals surface area (Å²) in [7, 11) is 0. The maximum absolute atomic E-state index is 4.08. The number of hydrogen-bond acceptors (Lipinski definition) is 3. The van der Waals surface area contributed by atoms with Crippen LogP contribution in [-0.4, -0.2) is 20.3 Å². The van der Waals surface area contributed by atoms with E-state index in [1.807, 2.05) is 0 Å². The van der Waals surface area contributed by atoms with Crippen LogP contribution in [0, 0.1) is 6.92 Å². The molecule has 1 aromatic carbocycles. The van der Waals surface area contributed by atoms with Gasteiger partial charge in [0.1, 0.15) is 0 Å². The number of hydrogen-bond donors (Lipinski definition) is 1. The highest BCUT2D eigenvalue weighted by molar-refractivity contribution is 5.34. The molecule has 0 saturated heterocycles. The standard InChI is InChI=1S/C12H14N4/c1-9-2-3-10-6-16(7-11(10)4-9)8-12-5-13-15-14-12/h2-5H,6-8H2,1H3,(H,13,14,15). The lowest BCUT2D eigenvalue weighted by molar-refractivity contribution is 0.272. The second kappa shape index (κ2) is 3.72. The zero-order chi connectivity index (χ0) is 11.0. The van der Waals surface area contributed by atoms with Gasteiger partial charge in [0, 0.05) is 19.6 Å². The number of fused-ring (bicyclic) bond motifs is 1. The molecule has 4 nitrogen and oxygen atoms in total. The van der Waals surface area contributed by atoms with E-state index in [-0.39, 0.29) is 0 Å².